The van der Waals surface area contributed by atoms with Gasteiger partial charge in [0, 0.05) is 23.6 Å². The van der Waals surface area contributed by atoms with Crippen LogP contribution in [-0.2, 0) is 6.54 Å². The molecular formula is C12H15ClN2O. The van der Waals surface area contributed by atoms with Gasteiger partial charge < -0.3 is 10.5 Å². The molecule has 3 nitrogen and oxygen atoms in total. The van der Waals surface area contributed by atoms with Gasteiger partial charge in [-0.1, -0.05) is 17.7 Å². The van der Waals surface area contributed by atoms with Crippen LogP contribution in [-0.4, -0.2) is 6.61 Å². The van der Waals surface area contributed by atoms with Gasteiger partial charge in [-0.2, -0.15) is 5.26 Å². The number of halogens is 1. The summed E-state index contributed by atoms with van der Waals surface area (Å²) in [6.45, 7) is 0.961. The zero-order valence-corrected chi connectivity index (χ0v) is 9.83. The molecule has 0 fully saturated rings. The van der Waals surface area contributed by atoms with E-state index >= 15 is 0 Å². The van der Waals surface area contributed by atoms with Crippen molar-refractivity contribution in [2.45, 2.75) is 25.8 Å². The minimum atomic E-state index is 0.368. The maximum absolute atomic E-state index is 8.38. The van der Waals surface area contributed by atoms with E-state index in [-0.39, 0.29) is 0 Å². The Bertz CT molecular complexity index is 374. The first-order chi connectivity index (χ1) is 7.79. The lowest BCUT2D eigenvalue weighted by molar-refractivity contribution is 0.304. The first-order valence-corrected chi connectivity index (χ1v) is 5.64. The molecule has 0 amide bonds. The molecule has 4 heteroatoms. The second-order valence-electron chi connectivity index (χ2n) is 3.38. The fraction of sp³-hybridized carbons (Fsp3) is 0.417. The molecule has 0 aliphatic heterocycles. The van der Waals surface area contributed by atoms with Crippen LogP contribution in [0.25, 0.3) is 0 Å². The van der Waals surface area contributed by atoms with Gasteiger partial charge in [-0.25, -0.2) is 0 Å². The molecule has 0 saturated carbocycles. The highest BCUT2D eigenvalue weighted by atomic mass is 35.5. The van der Waals surface area contributed by atoms with Gasteiger partial charge in [0.15, 0.2) is 0 Å². The van der Waals surface area contributed by atoms with Gasteiger partial charge in [-0.3, -0.25) is 0 Å². The summed E-state index contributed by atoms with van der Waals surface area (Å²) < 4.78 is 5.58. The first kappa shape index (κ1) is 12.8. The predicted octanol–water partition coefficient (Wildman–Crippen LogP) is 2.87. The van der Waals surface area contributed by atoms with Crippen molar-refractivity contribution in [3.63, 3.8) is 0 Å². The number of hydrogen-bond acceptors (Lipinski definition) is 3. The summed E-state index contributed by atoms with van der Waals surface area (Å²) in [6.07, 6.45) is 2.29. The van der Waals surface area contributed by atoms with E-state index in [9.17, 15) is 0 Å². The molecule has 0 unspecified atom stereocenters. The summed E-state index contributed by atoms with van der Waals surface area (Å²) in [5, 5.41) is 9.01. The van der Waals surface area contributed by atoms with E-state index in [1.165, 1.54) is 0 Å². The van der Waals surface area contributed by atoms with Gasteiger partial charge in [0.25, 0.3) is 0 Å². The van der Waals surface area contributed by atoms with E-state index in [1.807, 2.05) is 12.1 Å². The summed E-state index contributed by atoms with van der Waals surface area (Å²) in [6, 6.07) is 7.60. The van der Waals surface area contributed by atoms with Gasteiger partial charge >= 0.3 is 0 Å². The Balaban J connectivity index is 2.47. The fourth-order valence-corrected chi connectivity index (χ4v) is 1.60. The molecule has 1 aromatic carbocycles. The minimum absolute atomic E-state index is 0.368. The quantitative estimate of drug-likeness (QED) is 0.776. The van der Waals surface area contributed by atoms with E-state index in [4.69, 9.17) is 27.3 Å². The number of hydrogen-bond donors (Lipinski definition) is 1. The van der Waals surface area contributed by atoms with Crippen LogP contribution in [0.3, 0.4) is 0 Å². The Labute approximate surface area is 101 Å². The molecule has 0 spiro atoms. The zero-order valence-electron chi connectivity index (χ0n) is 9.08. The maximum atomic E-state index is 8.38. The predicted molar refractivity (Wildman–Crippen MR) is 64.3 cm³/mol. The number of nitrogens with zero attached hydrogens (tertiary/aromatic N) is 1. The van der Waals surface area contributed by atoms with Gasteiger partial charge in [-0.15, -0.1) is 0 Å². The second kappa shape index (κ2) is 7.10. The zero-order chi connectivity index (χ0) is 11.8. The summed E-state index contributed by atoms with van der Waals surface area (Å²) >= 11 is 5.99. The Hall–Kier alpha value is -1.24. The van der Waals surface area contributed by atoms with Crippen LogP contribution in [0.4, 0.5) is 0 Å². The average Bonchev–Trinajstić information content (AvgIpc) is 2.29. The lowest BCUT2D eigenvalue weighted by Gasteiger charge is -2.11. The van der Waals surface area contributed by atoms with Gasteiger partial charge in [0.05, 0.1) is 12.7 Å². The van der Waals surface area contributed by atoms with E-state index in [1.54, 1.807) is 6.07 Å². The smallest absolute Gasteiger partial charge is 0.125 e. The lowest BCUT2D eigenvalue weighted by Crippen LogP contribution is -2.04. The Morgan fingerprint density at radius 1 is 1.38 bits per heavy atom. The summed E-state index contributed by atoms with van der Waals surface area (Å²) in [4.78, 5) is 0. The number of benzene rings is 1. The van der Waals surface area contributed by atoms with Crippen molar-refractivity contribution < 1.29 is 4.74 Å². The summed E-state index contributed by atoms with van der Waals surface area (Å²) in [5.41, 5.74) is 6.43. The highest BCUT2D eigenvalue weighted by Gasteiger charge is 2.05. The maximum Gasteiger partial charge on any atom is 0.125 e. The van der Waals surface area contributed by atoms with Crippen molar-refractivity contribution in [2.75, 3.05) is 6.61 Å². The highest BCUT2D eigenvalue weighted by Crippen LogP contribution is 2.25. The Morgan fingerprint density at radius 2 is 2.19 bits per heavy atom. The standard InChI is InChI=1S/C12H15ClN2O/c13-11-5-4-6-12(10(11)9-15)16-8-3-1-2-7-14/h4-6H,1-3,8-9,15H2. The molecule has 0 atom stereocenters. The molecule has 0 radical (unpaired) electrons. The van der Waals surface area contributed by atoms with Crippen molar-refractivity contribution in [1.82, 2.24) is 0 Å². The van der Waals surface area contributed by atoms with E-state index in [2.05, 4.69) is 6.07 Å². The number of nitrogens with two attached hydrogens (primary N) is 1. The first-order valence-electron chi connectivity index (χ1n) is 5.26. The van der Waals surface area contributed by atoms with Crippen LogP contribution in [0.1, 0.15) is 24.8 Å². The number of nitriles is 1. The third-order valence-electron chi connectivity index (χ3n) is 2.22. The van der Waals surface area contributed by atoms with Crippen LogP contribution >= 0.6 is 11.6 Å². The highest BCUT2D eigenvalue weighted by molar-refractivity contribution is 6.31. The van der Waals surface area contributed by atoms with Crippen molar-refractivity contribution >= 4 is 11.6 Å². The monoisotopic (exact) mass is 238 g/mol. The van der Waals surface area contributed by atoms with E-state index in [0.29, 0.717) is 24.6 Å². The largest absolute Gasteiger partial charge is 0.493 e. The Kier molecular flexibility index (Phi) is 5.69. The third kappa shape index (κ3) is 3.73. The average molecular weight is 239 g/mol. The normalized spacial score (nSPS) is 9.81. The molecule has 2 N–H and O–H groups in total. The van der Waals surface area contributed by atoms with E-state index in [0.717, 1.165) is 24.2 Å². The van der Waals surface area contributed by atoms with Gasteiger partial charge in [0.2, 0.25) is 0 Å². The molecule has 1 rings (SSSR count). The minimum Gasteiger partial charge on any atom is -0.493 e. The molecule has 0 aromatic heterocycles. The van der Waals surface area contributed by atoms with Crippen LogP contribution in [0.2, 0.25) is 5.02 Å². The molecule has 0 heterocycles. The van der Waals surface area contributed by atoms with Crippen LogP contribution in [0.5, 0.6) is 5.75 Å². The SMILES string of the molecule is N#CCCCCOc1cccc(Cl)c1CN. The molecule has 1 aromatic rings. The van der Waals surface area contributed by atoms with Crippen molar-refractivity contribution in [2.24, 2.45) is 5.73 Å². The third-order valence-corrected chi connectivity index (χ3v) is 2.57. The molecule has 0 aliphatic carbocycles. The van der Waals surface area contributed by atoms with E-state index < -0.39 is 0 Å². The van der Waals surface area contributed by atoms with Crippen LogP contribution < -0.4 is 10.5 Å². The molecule has 0 aliphatic rings. The lowest BCUT2D eigenvalue weighted by atomic mass is 10.2. The molecule has 0 saturated heterocycles. The topological polar surface area (TPSA) is 59.0 Å². The van der Waals surface area contributed by atoms with Crippen LogP contribution in [0, 0.1) is 11.3 Å². The number of rotatable bonds is 6. The van der Waals surface area contributed by atoms with Crippen LogP contribution in [0.15, 0.2) is 18.2 Å². The number of unbranched alkanes of at least 4 members (excludes halogenated alkanes) is 2. The van der Waals surface area contributed by atoms with Crippen molar-refractivity contribution in [1.29, 1.82) is 5.26 Å². The van der Waals surface area contributed by atoms with Gasteiger partial charge in [0.1, 0.15) is 5.75 Å². The summed E-state index contributed by atoms with van der Waals surface area (Å²) in [5.74, 6) is 0.743. The molecule has 16 heavy (non-hydrogen) atoms. The van der Waals surface area contributed by atoms with Gasteiger partial charge in [-0.05, 0) is 25.0 Å². The second-order valence-corrected chi connectivity index (χ2v) is 3.79. The Morgan fingerprint density at radius 3 is 2.88 bits per heavy atom. The summed E-state index contributed by atoms with van der Waals surface area (Å²) in [7, 11) is 0. The molecule has 86 valence electrons. The molecule has 0 bridgehead atoms. The van der Waals surface area contributed by atoms with Crippen molar-refractivity contribution in [3.8, 4) is 11.8 Å². The fourth-order valence-electron chi connectivity index (χ4n) is 1.36. The number of ether oxygens (including phenoxy) is 1. The van der Waals surface area contributed by atoms with Crippen molar-refractivity contribution in [3.05, 3.63) is 28.8 Å². The molecular weight excluding hydrogens is 224 g/mol.